The number of anilines is 1. The Kier molecular flexibility index (Phi) is 6.46. The van der Waals surface area contributed by atoms with Crippen molar-refractivity contribution < 1.29 is 9.90 Å². The molecule has 1 fully saturated rings. The van der Waals surface area contributed by atoms with Gasteiger partial charge in [0, 0.05) is 39.1 Å². The van der Waals surface area contributed by atoms with Gasteiger partial charge in [0.15, 0.2) is 0 Å². The number of nitrogens with one attached hydrogen (secondary N) is 1. The number of amides is 1. The molecule has 8 heteroatoms. The molecule has 134 valence electrons. The Morgan fingerprint density at radius 2 is 1.84 bits per heavy atom. The second kappa shape index (κ2) is 9.00. The molecule has 1 aromatic heterocycles. The Morgan fingerprint density at radius 3 is 2.56 bits per heavy atom. The first-order chi connectivity index (χ1) is 12.2. The van der Waals surface area contributed by atoms with Crippen molar-refractivity contribution in [3.05, 3.63) is 40.9 Å². The molecule has 2 heterocycles. The fourth-order valence-corrected chi connectivity index (χ4v) is 3.61. The van der Waals surface area contributed by atoms with Crippen LogP contribution in [0, 0.1) is 0 Å². The lowest BCUT2D eigenvalue weighted by atomic mass is 10.2. The fourth-order valence-electron chi connectivity index (χ4n) is 2.82. The summed E-state index contributed by atoms with van der Waals surface area (Å²) in [5.74, 6) is -0.0574. The van der Waals surface area contributed by atoms with Crippen LogP contribution in [0.2, 0.25) is 0 Å². The monoisotopic (exact) mass is 361 g/mol. The van der Waals surface area contributed by atoms with Crippen LogP contribution in [0.4, 0.5) is 5.13 Å². The highest BCUT2D eigenvalue weighted by molar-refractivity contribution is 7.15. The van der Waals surface area contributed by atoms with Crippen molar-refractivity contribution in [3.63, 3.8) is 0 Å². The van der Waals surface area contributed by atoms with E-state index in [-0.39, 0.29) is 12.5 Å². The van der Waals surface area contributed by atoms with Crippen LogP contribution in [0.1, 0.15) is 10.6 Å². The summed E-state index contributed by atoms with van der Waals surface area (Å²) >= 11 is 1.42. The summed E-state index contributed by atoms with van der Waals surface area (Å²) < 4.78 is 0. The first-order valence-corrected chi connectivity index (χ1v) is 9.26. The molecule has 1 aliphatic rings. The number of piperazine rings is 1. The number of hydrogen-bond donors (Lipinski definition) is 2. The predicted octanol–water partition coefficient (Wildman–Crippen LogP) is 0.677. The van der Waals surface area contributed by atoms with Crippen molar-refractivity contribution in [2.75, 3.05) is 51.2 Å². The summed E-state index contributed by atoms with van der Waals surface area (Å²) in [6.45, 7) is 4.69. The third-order valence-corrected chi connectivity index (χ3v) is 5.00. The van der Waals surface area contributed by atoms with E-state index in [0.717, 1.165) is 37.6 Å². The SMILES string of the molecule is O=C(CN1CCN(CCO)CC1)Nc1nnc(Cc2ccccc2)s1. The number of β-amino-alcohol motifs (C(OH)–C–C–N with tert-alkyl or cyclic N) is 1. The lowest BCUT2D eigenvalue weighted by molar-refractivity contribution is -0.117. The van der Waals surface area contributed by atoms with E-state index in [4.69, 9.17) is 5.11 Å². The van der Waals surface area contributed by atoms with Crippen LogP contribution in [-0.4, -0.2) is 76.9 Å². The van der Waals surface area contributed by atoms with E-state index >= 15 is 0 Å². The van der Waals surface area contributed by atoms with Crippen molar-refractivity contribution in [3.8, 4) is 0 Å². The minimum atomic E-state index is -0.0574. The number of aromatic nitrogens is 2. The van der Waals surface area contributed by atoms with E-state index < -0.39 is 0 Å². The van der Waals surface area contributed by atoms with Crippen LogP contribution < -0.4 is 5.32 Å². The second-order valence-corrected chi connectivity index (χ2v) is 7.11. The van der Waals surface area contributed by atoms with Crippen LogP contribution in [-0.2, 0) is 11.2 Å². The summed E-state index contributed by atoms with van der Waals surface area (Å²) in [4.78, 5) is 16.5. The molecule has 1 aliphatic heterocycles. The van der Waals surface area contributed by atoms with Gasteiger partial charge >= 0.3 is 0 Å². The Hall–Kier alpha value is -1.87. The molecule has 0 spiro atoms. The summed E-state index contributed by atoms with van der Waals surface area (Å²) in [6.07, 6.45) is 0.723. The van der Waals surface area contributed by atoms with Crippen molar-refractivity contribution in [1.82, 2.24) is 20.0 Å². The molecule has 3 rings (SSSR count). The largest absolute Gasteiger partial charge is 0.395 e. The van der Waals surface area contributed by atoms with E-state index in [1.807, 2.05) is 18.2 Å². The Labute approximate surface area is 151 Å². The van der Waals surface area contributed by atoms with Crippen molar-refractivity contribution >= 4 is 22.4 Å². The van der Waals surface area contributed by atoms with Crippen LogP contribution in [0.15, 0.2) is 30.3 Å². The summed E-state index contributed by atoms with van der Waals surface area (Å²) in [5, 5.41) is 21.5. The first-order valence-electron chi connectivity index (χ1n) is 8.44. The highest BCUT2D eigenvalue weighted by Crippen LogP contribution is 2.18. The zero-order valence-electron chi connectivity index (χ0n) is 14.1. The van der Waals surface area contributed by atoms with E-state index in [9.17, 15) is 4.79 Å². The maximum Gasteiger partial charge on any atom is 0.240 e. The molecule has 2 aromatic rings. The number of rotatable bonds is 7. The molecule has 1 aromatic carbocycles. The van der Waals surface area contributed by atoms with Crippen LogP contribution >= 0.6 is 11.3 Å². The van der Waals surface area contributed by atoms with Gasteiger partial charge in [-0.05, 0) is 5.56 Å². The van der Waals surface area contributed by atoms with E-state index in [1.54, 1.807) is 0 Å². The molecular formula is C17H23N5O2S. The molecule has 2 N–H and O–H groups in total. The summed E-state index contributed by atoms with van der Waals surface area (Å²) in [6, 6.07) is 10.1. The fraction of sp³-hybridized carbons (Fsp3) is 0.471. The minimum Gasteiger partial charge on any atom is -0.395 e. The Balaban J connectivity index is 1.44. The van der Waals surface area contributed by atoms with Gasteiger partial charge in [-0.1, -0.05) is 41.7 Å². The molecule has 0 saturated carbocycles. The Bertz CT molecular complexity index is 671. The van der Waals surface area contributed by atoms with E-state index in [2.05, 4.69) is 37.4 Å². The smallest absolute Gasteiger partial charge is 0.240 e. The second-order valence-electron chi connectivity index (χ2n) is 6.05. The number of carbonyl (C=O) groups is 1. The number of aliphatic hydroxyl groups is 1. The Morgan fingerprint density at radius 1 is 1.12 bits per heavy atom. The van der Waals surface area contributed by atoms with Gasteiger partial charge in [0.2, 0.25) is 11.0 Å². The third kappa shape index (κ3) is 5.57. The minimum absolute atomic E-state index is 0.0574. The van der Waals surface area contributed by atoms with Gasteiger partial charge in [-0.3, -0.25) is 19.9 Å². The maximum atomic E-state index is 12.2. The number of hydrogen-bond acceptors (Lipinski definition) is 7. The quantitative estimate of drug-likeness (QED) is 0.755. The highest BCUT2D eigenvalue weighted by atomic mass is 32.1. The number of benzene rings is 1. The molecule has 1 amide bonds. The zero-order chi connectivity index (χ0) is 17.5. The van der Waals surface area contributed by atoms with Gasteiger partial charge < -0.3 is 5.11 Å². The van der Waals surface area contributed by atoms with Gasteiger partial charge in [0.25, 0.3) is 0 Å². The molecule has 0 unspecified atom stereocenters. The van der Waals surface area contributed by atoms with E-state index in [0.29, 0.717) is 18.2 Å². The lowest BCUT2D eigenvalue weighted by Crippen LogP contribution is -2.49. The average molecular weight is 361 g/mol. The number of aliphatic hydroxyl groups excluding tert-OH is 1. The van der Waals surface area contributed by atoms with Crippen LogP contribution in [0.5, 0.6) is 0 Å². The number of nitrogens with zero attached hydrogens (tertiary/aromatic N) is 4. The molecule has 25 heavy (non-hydrogen) atoms. The van der Waals surface area contributed by atoms with Gasteiger partial charge in [-0.2, -0.15) is 0 Å². The van der Waals surface area contributed by atoms with Gasteiger partial charge in [0.1, 0.15) is 5.01 Å². The standard InChI is InChI=1S/C17H23N5O2S/c23-11-10-21-6-8-22(9-7-21)13-15(24)18-17-20-19-16(25-17)12-14-4-2-1-3-5-14/h1-5,23H,6-13H2,(H,18,20,24). The zero-order valence-corrected chi connectivity index (χ0v) is 14.9. The third-order valence-electron chi connectivity index (χ3n) is 4.16. The molecule has 0 atom stereocenters. The van der Waals surface area contributed by atoms with Crippen LogP contribution in [0.3, 0.4) is 0 Å². The average Bonchev–Trinajstić information content (AvgIpc) is 3.04. The molecule has 0 aliphatic carbocycles. The molecule has 1 saturated heterocycles. The summed E-state index contributed by atoms with van der Waals surface area (Å²) in [7, 11) is 0. The normalized spacial score (nSPS) is 16.0. The van der Waals surface area contributed by atoms with Gasteiger partial charge in [-0.15, -0.1) is 10.2 Å². The van der Waals surface area contributed by atoms with Crippen molar-refractivity contribution in [2.45, 2.75) is 6.42 Å². The number of carbonyl (C=O) groups excluding carboxylic acids is 1. The van der Waals surface area contributed by atoms with Crippen molar-refractivity contribution in [2.24, 2.45) is 0 Å². The van der Waals surface area contributed by atoms with Gasteiger partial charge in [-0.25, -0.2) is 0 Å². The topological polar surface area (TPSA) is 81.6 Å². The van der Waals surface area contributed by atoms with Crippen LogP contribution in [0.25, 0.3) is 0 Å². The molecular weight excluding hydrogens is 338 g/mol. The van der Waals surface area contributed by atoms with E-state index in [1.165, 1.54) is 16.9 Å². The molecule has 0 radical (unpaired) electrons. The highest BCUT2D eigenvalue weighted by Gasteiger charge is 2.19. The first kappa shape index (κ1) is 17.9. The predicted molar refractivity (Wildman–Crippen MR) is 97.8 cm³/mol. The van der Waals surface area contributed by atoms with Crippen molar-refractivity contribution in [1.29, 1.82) is 0 Å². The maximum absolute atomic E-state index is 12.2. The lowest BCUT2D eigenvalue weighted by Gasteiger charge is -2.33. The molecule has 0 bridgehead atoms. The molecule has 7 nitrogen and oxygen atoms in total. The van der Waals surface area contributed by atoms with Gasteiger partial charge in [0.05, 0.1) is 13.2 Å². The summed E-state index contributed by atoms with van der Waals surface area (Å²) in [5.41, 5.74) is 1.18.